The number of carbonyl (C=O) groups excluding carboxylic acids is 1. The van der Waals surface area contributed by atoms with Crippen LogP contribution in [0.2, 0.25) is 0 Å². The molecule has 1 amide bonds. The van der Waals surface area contributed by atoms with E-state index >= 15 is 0 Å². The van der Waals surface area contributed by atoms with Gasteiger partial charge in [0.15, 0.2) is 11.6 Å². The van der Waals surface area contributed by atoms with Crippen LogP contribution in [0.25, 0.3) is 11.6 Å². The van der Waals surface area contributed by atoms with Crippen LogP contribution >= 0.6 is 0 Å². The Morgan fingerprint density at radius 3 is 2.78 bits per heavy atom. The molecule has 0 spiro atoms. The highest BCUT2D eigenvalue weighted by atomic mass is 16.3. The largest absolute Gasteiger partial charge is 0.461 e. The number of nitrogens with zero attached hydrogens (tertiary/aromatic N) is 2. The van der Waals surface area contributed by atoms with Gasteiger partial charge in [0.05, 0.1) is 6.26 Å². The van der Waals surface area contributed by atoms with E-state index in [0.29, 0.717) is 11.6 Å². The zero-order valence-corrected chi connectivity index (χ0v) is 12.8. The van der Waals surface area contributed by atoms with E-state index in [4.69, 9.17) is 10.2 Å². The number of nitrogen functional groups attached to an aromatic ring is 1. The summed E-state index contributed by atoms with van der Waals surface area (Å²) in [5.41, 5.74) is 8.89. The number of nitrogens with one attached hydrogen (secondary N) is 1. The summed E-state index contributed by atoms with van der Waals surface area (Å²) in [6.45, 7) is 3.89. The molecule has 0 unspecified atom stereocenters. The highest BCUT2D eigenvalue weighted by Crippen LogP contribution is 2.21. The third kappa shape index (κ3) is 3.06. The summed E-state index contributed by atoms with van der Waals surface area (Å²) < 4.78 is 5.22. The molecule has 3 aromatic rings. The molecule has 0 aliphatic rings. The van der Waals surface area contributed by atoms with E-state index in [0.717, 1.165) is 16.8 Å². The van der Waals surface area contributed by atoms with Crippen molar-refractivity contribution in [1.29, 1.82) is 0 Å². The molecule has 116 valence electrons. The van der Waals surface area contributed by atoms with Crippen molar-refractivity contribution in [3.05, 3.63) is 59.5 Å². The molecule has 2 aromatic heterocycles. The molecule has 0 saturated carbocycles. The molecule has 0 aliphatic carbocycles. The number of aryl methyl sites for hydroxylation is 2. The van der Waals surface area contributed by atoms with Crippen LogP contribution in [0.15, 0.2) is 47.2 Å². The topological polar surface area (TPSA) is 94.0 Å². The number of hydrogen-bond donors (Lipinski definition) is 2. The number of hydrogen-bond acceptors (Lipinski definition) is 5. The minimum atomic E-state index is -0.345. The van der Waals surface area contributed by atoms with E-state index in [-0.39, 0.29) is 17.3 Å². The fraction of sp³-hybridized carbons (Fsp3) is 0.118. The second-order valence-electron chi connectivity index (χ2n) is 5.24. The lowest BCUT2D eigenvalue weighted by molar-refractivity contribution is 0.102. The van der Waals surface area contributed by atoms with Crippen LogP contribution in [0.3, 0.4) is 0 Å². The predicted molar refractivity (Wildman–Crippen MR) is 88.0 cm³/mol. The average molecular weight is 308 g/mol. The van der Waals surface area contributed by atoms with Gasteiger partial charge in [-0.25, -0.2) is 9.97 Å². The van der Waals surface area contributed by atoms with Crippen LogP contribution in [0.1, 0.15) is 21.5 Å². The first kappa shape index (κ1) is 14.8. The first-order valence-corrected chi connectivity index (χ1v) is 7.09. The van der Waals surface area contributed by atoms with E-state index in [9.17, 15) is 4.79 Å². The summed E-state index contributed by atoms with van der Waals surface area (Å²) >= 11 is 0. The zero-order chi connectivity index (χ0) is 16.4. The van der Waals surface area contributed by atoms with Gasteiger partial charge in [-0.05, 0) is 43.2 Å². The van der Waals surface area contributed by atoms with Gasteiger partial charge < -0.3 is 15.5 Å². The highest BCUT2D eigenvalue weighted by molar-refractivity contribution is 6.07. The summed E-state index contributed by atoms with van der Waals surface area (Å²) in [6, 6.07) is 9.30. The Morgan fingerprint density at radius 2 is 2.09 bits per heavy atom. The van der Waals surface area contributed by atoms with Crippen LogP contribution in [0.4, 0.5) is 11.5 Å². The maximum absolute atomic E-state index is 12.4. The maximum atomic E-state index is 12.4. The third-order valence-electron chi connectivity index (χ3n) is 3.45. The molecular weight excluding hydrogens is 292 g/mol. The predicted octanol–water partition coefficient (Wildman–Crippen LogP) is 3.19. The SMILES string of the molecule is Cc1ccc(C)c(NC(=O)c2cnc(-c3ccco3)nc2N)c1. The smallest absolute Gasteiger partial charge is 0.260 e. The van der Waals surface area contributed by atoms with Gasteiger partial charge in [0, 0.05) is 11.9 Å². The fourth-order valence-corrected chi connectivity index (χ4v) is 2.15. The van der Waals surface area contributed by atoms with Crippen molar-refractivity contribution >= 4 is 17.4 Å². The zero-order valence-electron chi connectivity index (χ0n) is 12.8. The molecule has 2 heterocycles. The van der Waals surface area contributed by atoms with Crippen molar-refractivity contribution in [2.75, 3.05) is 11.1 Å². The lowest BCUT2D eigenvalue weighted by atomic mass is 10.1. The minimum Gasteiger partial charge on any atom is -0.461 e. The molecule has 0 saturated heterocycles. The summed E-state index contributed by atoms with van der Waals surface area (Å²) in [6.07, 6.45) is 2.93. The van der Waals surface area contributed by atoms with Gasteiger partial charge in [0.25, 0.3) is 5.91 Å². The van der Waals surface area contributed by atoms with E-state index < -0.39 is 0 Å². The van der Waals surface area contributed by atoms with Crippen molar-refractivity contribution < 1.29 is 9.21 Å². The van der Waals surface area contributed by atoms with Gasteiger partial charge in [-0.15, -0.1) is 0 Å². The van der Waals surface area contributed by atoms with E-state index in [1.165, 1.54) is 12.5 Å². The van der Waals surface area contributed by atoms with Gasteiger partial charge in [0.2, 0.25) is 0 Å². The molecule has 0 bridgehead atoms. The second kappa shape index (κ2) is 5.92. The second-order valence-corrected chi connectivity index (χ2v) is 5.24. The van der Waals surface area contributed by atoms with Crippen LogP contribution < -0.4 is 11.1 Å². The molecule has 23 heavy (non-hydrogen) atoms. The minimum absolute atomic E-state index is 0.106. The van der Waals surface area contributed by atoms with E-state index in [1.54, 1.807) is 12.1 Å². The standard InChI is InChI=1S/C17H16N4O2/c1-10-5-6-11(2)13(8-10)20-17(22)12-9-19-16(21-15(12)18)14-4-3-7-23-14/h3-9H,1-2H3,(H,20,22)(H2,18,19,21). The maximum Gasteiger partial charge on any atom is 0.260 e. The number of nitrogens with two attached hydrogens (primary N) is 1. The van der Waals surface area contributed by atoms with Gasteiger partial charge in [-0.3, -0.25) is 4.79 Å². The molecule has 0 aliphatic heterocycles. The molecule has 0 fully saturated rings. The van der Waals surface area contributed by atoms with Crippen LogP contribution in [0.5, 0.6) is 0 Å². The van der Waals surface area contributed by atoms with Gasteiger partial charge >= 0.3 is 0 Å². The summed E-state index contributed by atoms with van der Waals surface area (Å²) in [4.78, 5) is 20.7. The van der Waals surface area contributed by atoms with E-state index in [1.807, 2.05) is 32.0 Å². The summed E-state index contributed by atoms with van der Waals surface area (Å²) in [7, 11) is 0. The highest BCUT2D eigenvalue weighted by Gasteiger charge is 2.15. The monoisotopic (exact) mass is 308 g/mol. The Labute approximate surface area is 133 Å². The van der Waals surface area contributed by atoms with Crippen molar-refractivity contribution in [1.82, 2.24) is 9.97 Å². The quantitative estimate of drug-likeness (QED) is 0.775. The Hall–Kier alpha value is -3.15. The van der Waals surface area contributed by atoms with Crippen molar-refractivity contribution in [3.63, 3.8) is 0 Å². The number of amides is 1. The number of benzene rings is 1. The molecule has 0 radical (unpaired) electrons. The first-order valence-electron chi connectivity index (χ1n) is 7.09. The van der Waals surface area contributed by atoms with Crippen LogP contribution in [0, 0.1) is 13.8 Å². The lowest BCUT2D eigenvalue weighted by Crippen LogP contribution is -2.16. The number of carbonyl (C=O) groups is 1. The number of anilines is 2. The first-order chi connectivity index (χ1) is 11.0. The lowest BCUT2D eigenvalue weighted by Gasteiger charge is -2.10. The summed E-state index contributed by atoms with van der Waals surface area (Å²) in [5, 5.41) is 2.84. The molecule has 6 heteroatoms. The van der Waals surface area contributed by atoms with Crippen LogP contribution in [-0.2, 0) is 0 Å². The fourth-order valence-electron chi connectivity index (χ4n) is 2.15. The van der Waals surface area contributed by atoms with Crippen molar-refractivity contribution in [2.45, 2.75) is 13.8 Å². The Morgan fingerprint density at radius 1 is 1.26 bits per heavy atom. The Kier molecular flexibility index (Phi) is 3.80. The Balaban J connectivity index is 1.86. The van der Waals surface area contributed by atoms with Crippen molar-refractivity contribution in [3.8, 4) is 11.6 Å². The number of rotatable bonds is 3. The molecule has 3 rings (SSSR count). The molecule has 6 nitrogen and oxygen atoms in total. The summed E-state index contributed by atoms with van der Waals surface area (Å²) in [5.74, 6) is 0.602. The van der Waals surface area contributed by atoms with Gasteiger partial charge in [-0.2, -0.15) is 0 Å². The van der Waals surface area contributed by atoms with Gasteiger partial charge in [0.1, 0.15) is 11.4 Å². The normalized spacial score (nSPS) is 10.5. The van der Waals surface area contributed by atoms with E-state index in [2.05, 4.69) is 15.3 Å². The number of furan rings is 1. The molecule has 3 N–H and O–H groups in total. The molecule has 1 aromatic carbocycles. The Bertz CT molecular complexity index is 857. The van der Waals surface area contributed by atoms with Gasteiger partial charge in [-0.1, -0.05) is 12.1 Å². The molecule has 0 atom stereocenters. The van der Waals surface area contributed by atoms with Crippen LogP contribution in [-0.4, -0.2) is 15.9 Å². The third-order valence-corrected chi connectivity index (χ3v) is 3.45. The van der Waals surface area contributed by atoms with Crippen molar-refractivity contribution in [2.24, 2.45) is 0 Å². The average Bonchev–Trinajstić information content (AvgIpc) is 3.05. The molecular formula is C17H16N4O2. The number of aromatic nitrogens is 2.